The van der Waals surface area contributed by atoms with Gasteiger partial charge in [0.05, 0.1) is 11.8 Å². The first kappa shape index (κ1) is 12.7. The summed E-state index contributed by atoms with van der Waals surface area (Å²) >= 11 is 0. The Bertz CT molecular complexity index is 519. The zero-order valence-electron chi connectivity index (χ0n) is 9.98. The fraction of sp³-hybridized carbons (Fsp3) is 0.308. The van der Waals surface area contributed by atoms with Gasteiger partial charge in [0.15, 0.2) is 0 Å². The highest BCUT2D eigenvalue weighted by Gasteiger charge is 2.14. The molecule has 0 spiro atoms. The highest BCUT2D eigenvalue weighted by molar-refractivity contribution is 5.20. The molecule has 0 radical (unpaired) electrons. The molecule has 2 aromatic rings. The van der Waals surface area contributed by atoms with Gasteiger partial charge in [0, 0.05) is 25.2 Å². The molecule has 18 heavy (non-hydrogen) atoms. The molecule has 1 unspecified atom stereocenters. The van der Waals surface area contributed by atoms with Gasteiger partial charge < -0.3 is 5.11 Å². The minimum Gasteiger partial charge on any atom is -0.386 e. The first-order valence-corrected chi connectivity index (χ1v) is 5.75. The van der Waals surface area contributed by atoms with E-state index in [9.17, 15) is 13.9 Å². The highest BCUT2D eigenvalue weighted by Crippen LogP contribution is 2.19. The van der Waals surface area contributed by atoms with Crippen LogP contribution in [0.2, 0.25) is 0 Å². The lowest BCUT2D eigenvalue weighted by molar-refractivity contribution is 0.167. The number of rotatable bonds is 4. The van der Waals surface area contributed by atoms with Crippen LogP contribution in [0, 0.1) is 11.6 Å². The predicted octanol–water partition coefficient (Wildman–Crippen LogP) is 2.46. The number of aryl methyl sites for hydroxylation is 1. The Labute approximate surface area is 104 Å². The normalized spacial score (nSPS) is 12.7. The van der Waals surface area contributed by atoms with E-state index in [-0.39, 0.29) is 6.42 Å². The molecule has 0 saturated carbocycles. The molecule has 3 nitrogen and oxygen atoms in total. The minimum absolute atomic E-state index is 0.153. The summed E-state index contributed by atoms with van der Waals surface area (Å²) in [6, 6.07) is 4.95. The first-order valence-electron chi connectivity index (χ1n) is 5.75. The summed E-state index contributed by atoms with van der Waals surface area (Å²) in [7, 11) is 0. The molecule has 0 aliphatic heterocycles. The summed E-state index contributed by atoms with van der Waals surface area (Å²) < 4.78 is 27.7. The van der Waals surface area contributed by atoms with E-state index in [1.807, 2.05) is 6.92 Å². The summed E-state index contributed by atoms with van der Waals surface area (Å²) in [5.41, 5.74) is 1.06. The molecule has 0 amide bonds. The molecule has 0 aliphatic carbocycles. The molecule has 0 bridgehead atoms. The van der Waals surface area contributed by atoms with Crippen LogP contribution >= 0.6 is 0 Å². The van der Waals surface area contributed by atoms with Crippen molar-refractivity contribution in [1.82, 2.24) is 9.78 Å². The van der Waals surface area contributed by atoms with E-state index in [0.717, 1.165) is 6.07 Å². The predicted molar refractivity (Wildman–Crippen MR) is 62.9 cm³/mol. The van der Waals surface area contributed by atoms with Crippen LogP contribution in [0.3, 0.4) is 0 Å². The SMILES string of the molecule is CCn1nccc1C(O)Cc1cc(F)cc(F)c1. The molecule has 1 atom stereocenters. The largest absolute Gasteiger partial charge is 0.386 e. The lowest BCUT2D eigenvalue weighted by atomic mass is 10.1. The molecule has 1 aromatic carbocycles. The maximum atomic E-state index is 13.0. The third kappa shape index (κ3) is 2.73. The number of nitrogens with zero attached hydrogens (tertiary/aromatic N) is 2. The number of aromatic nitrogens is 2. The van der Waals surface area contributed by atoms with Crippen molar-refractivity contribution >= 4 is 0 Å². The van der Waals surface area contributed by atoms with Crippen molar-refractivity contribution in [3.05, 3.63) is 53.4 Å². The zero-order valence-corrected chi connectivity index (χ0v) is 9.98. The maximum Gasteiger partial charge on any atom is 0.126 e. The molecular formula is C13H14F2N2O. The Hall–Kier alpha value is -1.75. The molecule has 0 fully saturated rings. The van der Waals surface area contributed by atoms with Crippen LogP contribution in [0.5, 0.6) is 0 Å². The van der Waals surface area contributed by atoms with E-state index in [4.69, 9.17) is 0 Å². The van der Waals surface area contributed by atoms with Gasteiger partial charge in [0.1, 0.15) is 11.6 Å². The molecule has 1 heterocycles. The van der Waals surface area contributed by atoms with Crippen LogP contribution in [-0.2, 0) is 13.0 Å². The Kier molecular flexibility index (Phi) is 3.72. The number of hydrogen-bond acceptors (Lipinski definition) is 2. The third-order valence-corrected chi connectivity index (χ3v) is 2.74. The quantitative estimate of drug-likeness (QED) is 0.907. The molecule has 2 rings (SSSR count). The van der Waals surface area contributed by atoms with Crippen LogP contribution in [0.1, 0.15) is 24.3 Å². The molecular weight excluding hydrogens is 238 g/mol. The summed E-state index contributed by atoms with van der Waals surface area (Å²) in [5, 5.41) is 14.1. The van der Waals surface area contributed by atoms with E-state index in [0.29, 0.717) is 17.8 Å². The Morgan fingerprint density at radius 1 is 1.28 bits per heavy atom. The average Bonchev–Trinajstić information content (AvgIpc) is 2.75. The van der Waals surface area contributed by atoms with Gasteiger partial charge in [-0.15, -0.1) is 0 Å². The van der Waals surface area contributed by atoms with E-state index >= 15 is 0 Å². The van der Waals surface area contributed by atoms with Crippen LogP contribution in [0.25, 0.3) is 0 Å². The number of aliphatic hydroxyl groups excluding tert-OH is 1. The molecule has 96 valence electrons. The van der Waals surface area contributed by atoms with Crippen molar-refractivity contribution < 1.29 is 13.9 Å². The smallest absolute Gasteiger partial charge is 0.126 e. The Balaban J connectivity index is 2.18. The summed E-state index contributed by atoms with van der Waals surface area (Å²) in [4.78, 5) is 0. The average molecular weight is 252 g/mol. The van der Waals surface area contributed by atoms with Crippen molar-refractivity contribution in [2.24, 2.45) is 0 Å². The number of hydrogen-bond donors (Lipinski definition) is 1. The van der Waals surface area contributed by atoms with Crippen molar-refractivity contribution in [3.8, 4) is 0 Å². The van der Waals surface area contributed by atoms with Gasteiger partial charge in [-0.1, -0.05) is 0 Å². The van der Waals surface area contributed by atoms with E-state index < -0.39 is 17.7 Å². The molecule has 1 aromatic heterocycles. The highest BCUT2D eigenvalue weighted by atomic mass is 19.1. The fourth-order valence-electron chi connectivity index (χ4n) is 1.95. The zero-order chi connectivity index (χ0) is 13.1. The molecule has 5 heteroatoms. The second-order valence-electron chi connectivity index (χ2n) is 4.07. The fourth-order valence-corrected chi connectivity index (χ4v) is 1.95. The lowest BCUT2D eigenvalue weighted by Gasteiger charge is -2.12. The monoisotopic (exact) mass is 252 g/mol. The van der Waals surface area contributed by atoms with Gasteiger partial charge in [-0.3, -0.25) is 4.68 Å². The topological polar surface area (TPSA) is 38.0 Å². The molecule has 0 aliphatic rings. The number of benzene rings is 1. The van der Waals surface area contributed by atoms with Crippen LogP contribution in [-0.4, -0.2) is 14.9 Å². The van der Waals surface area contributed by atoms with Gasteiger partial charge in [-0.05, 0) is 30.7 Å². The second-order valence-corrected chi connectivity index (χ2v) is 4.07. The first-order chi connectivity index (χ1) is 8.60. The van der Waals surface area contributed by atoms with Crippen molar-refractivity contribution in [2.45, 2.75) is 26.0 Å². The lowest BCUT2D eigenvalue weighted by Crippen LogP contribution is -2.10. The Morgan fingerprint density at radius 2 is 1.94 bits per heavy atom. The van der Waals surface area contributed by atoms with Gasteiger partial charge in [0.2, 0.25) is 0 Å². The van der Waals surface area contributed by atoms with Gasteiger partial charge in [-0.2, -0.15) is 5.10 Å². The van der Waals surface area contributed by atoms with Gasteiger partial charge in [0.25, 0.3) is 0 Å². The second kappa shape index (κ2) is 5.27. The van der Waals surface area contributed by atoms with E-state index in [2.05, 4.69) is 5.10 Å². The van der Waals surface area contributed by atoms with Crippen LogP contribution in [0.15, 0.2) is 30.5 Å². The third-order valence-electron chi connectivity index (χ3n) is 2.74. The summed E-state index contributed by atoms with van der Waals surface area (Å²) in [5.74, 6) is -1.28. The van der Waals surface area contributed by atoms with Crippen LogP contribution < -0.4 is 0 Å². The van der Waals surface area contributed by atoms with Gasteiger partial charge >= 0.3 is 0 Å². The van der Waals surface area contributed by atoms with Crippen molar-refractivity contribution in [2.75, 3.05) is 0 Å². The van der Waals surface area contributed by atoms with E-state index in [1.54, 1.807) is 16.9 Å². The van der Waals surface area contributed by atoms with E-state index in [1.165, 1.54) is 12.1 Å². The maximum absolute atomic E-state index is 13.0. The standard InChI is InChI=1S/C13H14F2N2O/c1-2-17-12(3-4-16-17)13(18)7-9-5-10(14)8-11(15)6-9/h3-6,8,13,18H,2,7H2,1H3. The number of halogens is 2. The molecule has 1 N–H and O–H groups in total. The van der Waals surface area contributed by atoms with Crippen molar-refractivity contribution in [3.63, 3.8) is 0 Å². The summed E-state index contributed by atoms with van der Waals surface area (Å²) in [6.45, 7) is 2.54. The number of aliphatic hydroxyl groups is 1. The summed E-state index contributed by atoms with van der Waals surface area (Å²) in [6.07, 6.45) is 0.919. The molecule has 0 saturated heterocycles. The van der Waals surface area contributed by atoms with Crippen LogP contribution in [0.4, 0.5) is 8.78 Å². The minimum atomic E-state index is -0.825. The van der Waals surface area contributed by atoms with Gasteiger partial charge in [-0.25, -0.2) is 8.78 Å². The Morgan fingerprint density at radius 3 is 2.56 bits per heavy atom. The van der Waals surface area contributed by atoms with Crippen molar-refractivity contribution in [1.29, 1.82) is 0 Å².